The molecule has 2 saturated heterocycles. The molecule has 1 aromatic carbocycles. The van der Waals surface area contributed by atoms with Crippen molar-refractivity contribution in [2.24, 2.45) is 11.3 Å². The van der Waals surface area contributed by atoms with Crippen LogP contribution in [-0.2, 0) is 4.43 Å². The maximum absolute atomic E-state index is 6.87. The fourth-order valence-corrected chi connectivity index (χ4v) is 10.2. The molecule has 0 N–H and O–H groups in total. The van der Waals surface area contributed by atoms with Crippen LogP contribution in [0.2, 0.25) is 11.6 Å². The Bertz CT molecular complexity index is 450. The van der Waals surface area contributed by atoms with Gasteiger partial charge in [-0.25, -0.2) is 0 Å². The Morgan fingerprint density at radius 2 is 1.84 bits per heavy atom. The molecule has 2 aliphatic rings. The summed E-state index contributed by atoms with van der Waals surface area (Å²) in [6.07, 6.45) is 3.19. The van der Waals surface area contributed by atoms with Gasteiger partial charge in [0.25, 0.3) is 0 Å². The predicted molar refractivity (Wildman–Crippen MR) is 83.1 cm³/mol. The fourth-order valence-electron chi connectivity index (χ4n) is 4.49. The summed E-state index contributed by atoms with van der Waals surface area (Å²) in [5.41, 5.74) is 1.09. The molecule has 0 aliphatic carbocycles. The van der Waals surface area contributed by atoms with Crippen molar-refractivity contribution in [3.8, 4) is 0 Å². The average Bonchev–Trinajstić information content (AvgIpc) is 2.90. The van der Waals surface area contributed by atoms with Crippen LogP contribution < -0.4 is 5.19 Å². The Labute approximate surface area is 118 Å². The molecule has 0 saturated carbocycles. The van der Waals surface area contributed by atoms with Crippen LogP contribution in [0.25, 0.3) is 0 Å². The topological polar surface area (TPSA) is 9.23 Å². The number of rotatable bonds is 1. The number of hydrogen-bond donors (Lipinski definition) is 0. The molecule has 0 unspecified atom stereocenters. The van der Waals surface area contributed by atoms with E-state index in [1.54, 1.807) is 0 Å². The molecule has 104 valence electrons. The van der Waals surface area contributed by atoms with Crippen molar-refractivity contribution in [1.82, 2.24) is 0 Å². The summed E-state index contributed by atoms with van der Waals surface area (Å²) in [6.45, 7) is 9.44. The van der Waals surface area contributed by atoms with Crippen molar-refractivity contribution in [2.45, 2.75) is 58.2 Å². The van der Waals surface area contributed by atoms with E-state index in [4.69, 9.17) is 4.43 Å². The highest BCUT2D eigenvalue weighted by Gasteiger charge is 2.60. The van der Waals surface area contributed by atoms with Crippen LogP contribution in [-0.4, -0.2) is 14.4 Å². The zero-order valence-electron chi connectivity index (χ0n) is 12.6. The molecule has 2 fully saturated rings. The third kappa shape index (κ3) is 2.00. The van der Waals surface area contributed by atoms with Crippen LogP contribution in [0.1, 0.15) is 40.5 Å². The van der Waals surface area contributed by atoms with Gasteiger partial charge in [-0.2, -0.15) is 0 Å². The first-order valence-corrected chi connectivity index (χ1v) is 9.88. The molecule has 0 amide bonds. The average molecular weight is 274 g/mol. The van der Waals surface area contributed by atoms with Crippen molar-refractivity contribution in [2.75, 3.05) is 0 Å². The van der Waals surface area contributed by atoms with Gasteiger partial charge >= 0.3 is 0 Å². The number of benzene rings is 1. The Balaban J connectivity index is 2.01. The van der Waals surface area contributed by atoms with Crippen molar-refractivity contribution >= 4 is 13.5 Å². The fraction of sp³-hybridized carbons (Fsp3) is 0.647. The standard InChI is InChI=1S/C17H26OSi/c1-13-15-11-8-12-19(15,14-9-6-5-7-10-14)18-16(13)17(2,3)4/h5-7,9-10,13,15-16H,8,11-12H2,1-4H3/t13-,15+,16-,19-/m0/s1. The van der Waals surface area contributed by atoms with E-state index in [2.05, 4.69) is 58.0 Å². The van der Waals surface area contributed by atoms with Crippen LogP contribution in [0.4, 0.5) is 0 Å². The van der Waals surface area contributed by atoms with Crippen molar-refractivity contribution < 1.29 is 4.43 Å². The molecule has 0 bridgehead atoms. The number of fused-ring (bicyclic) bond motifs is 1. The summed E-state index contributed by atoms with van der Waals surface area (Å²) in [5, 5.41) is 1.54. The lowest BCUT2D eigenvalue weighted by molar-refractivity contribution is 0.0646. The lowest BCUT2D eigenvalue weighted by Gasteiger charge is -2.33. The van der Waals surface area contributed by atoms with Gasteiger partial charge in [-0.3, -0.25) is 0 Å². The molecule has 1 aromatic rings. The van der Waals surface area contributed by atoms with Crippen LogP contribution in [0.5, 0.6) is 0 Å². The lowest BCUT2D eigenvalue weighted by Crippen LogP contribution is -2.49. The molecule has 2 heteroatoms. The molecule has 3 rings (SSSR count). The maximum Gasteiger partial charge on any atom is 0.228 e. The molecule has 0 radical (unpaired) electrons. The molecular weight excluding hydrogens is 248 g/mol. The molecule has 2 heterocycles. The lowest BCUT2D eigenvalue weighted by atomic mass is 9.80. The Morgan fingerprint density at radius 1 is 1.16 bits per heavy atom. The van der Waals surface area contributed by atoms with E-state index in [1.165, 1.54) is 24.1 Å². The van der Waals surface area contributed by atoms with Gasteiger partial charge in [0.05, 0.1) is 6.10 Å². The monoisotopic (exact) mass is 274 g/mol. The van der Waals surface area contributed by atoms with Crippen molar-refractivity contribution in [1.29, 1.82) is 0 Å². The van der Waals surface area contributed by atoms with Gasteiger partial charge in [-0.15, -0.1) is 0 Å². The first-order chi connectivity index (χ1) is 8.95. The molecule has 0 aromatic heterocycles. The molecule has 1 nitrogen and oxygen atoms in total. The second-order valence-electron chi connectivity index (χ2n) is 7.52. The summed E-state index contributed by atoms with van der Waals surface area (Å²) in [4.78, 5) is 0. The van der Waals surface area contributed by atoms with Crippen molar-refractivity contribution in [3.63, 3.8) is 0 Å². The zero-order valence-corrected chi connectivity index (χ0v) is 13.6. The minimum Gasteiger partial charge on any atom is -0.408 e. The largest absolute Gasteiger partial charge is 0.408 e. The van der Waals surface area contributed by atoms with Crippen LogP contribution in [0.15, 0.2) is 30.3 Å². The van der Waals surface area contributed by atoms with Gasteiger partial charge < -0.3 is 4.43 Å². The summed E-state index contributed by atoms with van der Waals surface area (Å²) >= 11 is 0. The first kappa shape index (κ1) is 13.4. The molecule has 4 atom stereocenters. The van der Waals surface area contributed by atoms with E-state index in [0.29, 0.717) is 6.10 Å². The molecular formula is C17H26OSi. The smallest absolute Gasteiger partial charge is 0.228 e. The van der Waals surface area contributed by atoms with Gasteiger partial charge in [0.15, 0.2) is 0 Å². The highest BCUT2D eigenvalue weighted by molar-refractivity contribution is 6.89. The zero-order chi connectivity index (χ0) is 13.7. The third-order valence-electron chi connectivity index (χ3n) is 5.23. The van der Waals surface area contributed by atoms with Crippen LogP contribution in [0, 0.1) is 11.3 Å². The maximum atomic E-state index is 6.87. The SMILES string of the molecule is C[C@H]1[C@H]2CCC[Si@@]2(c2ccccc2)O[C@@H]1C(C)(C)C. The summed E-state index contributed by atoms with van der Waals surface area (Å²) < 4.78 is 6.87. The van der Waals surface area contributed by atoms with Gasteiger partial charge in [-0.05, 0) is 28.1 Å². The van der Waals surface area contributed by atoms with E-state index in [9.17, 15) is 0 Å². The Morgan fingerprint density at radius 3 is 2.47 bits per heavy atom. The highest BCUT2D eigenvalue weighted by Crippen LogP contribution is 2.55. The predicted octanol–water partition coefficient (Wildman–Crippen LogP) is 4.08. The van der Waals surface area contributed by atoms with E-state index >= 15 is 0 Å². The number of hydrogen-bond acceptors (Lipinski definition) is 1. The second kappa shape index (κ2) is 4.46. The van der Waals surface area contributed by atoms with Gasteiger partial charge in [-0.1, -0.05) is 70.9 Å². The van der Waals surface area contributed by atoms with E-state index in [-0.39, 0.29) is 5.41 Å². The first-order valence-electron chi connectivity index (χ1n) is 7.68. The van der Waals surface area contributed by atoms with E-state index in [0.717, 1.165) is 11.5 Å². The second-order valence-corrected chi connectivity index (χ2v) is 11.4. The minimum absolute atomic E-state index is 0.262. The summed E-state index contributed by atoms with van der Waals surface area (Å²) in [5.74, 6) is 0.717. The minimum atomic E-state index is -1.71. The Kier molecular flexibility index (Phi) is 3.14. The summed E-state index contributed by atoms with van der Waals surface area (Å²) in [7, 11) is -1.71. The van der Waals surface area contributed by atoms with Crippen molar-refractivity contribution in [3.05, 3.63) is 30.3 Å². The third-order valence-corrected chi connectivity index (χ3v) is 10.3. The highest BCUT2D eigenvalue weighted by atomic mass is 28.4. The van der Waals surface area contributed by atoms with Gasteiger partial charge in [0.1, 0.15) is 0 Å². The molecule has 2 aliphatic heterocycles. The van der Waals surface area contributed by atoms with Gasteiger partial charge in [0.2, 0.25) is 8.32 Å². The Hall–Kier alpha value is -0.603. The van der Waals surface area contributed by atoms with Crippen LogP contribution in [0.3, 0.4) is 0 Å². The summed E-state index contributed by atoms with van der Waals surface area (Å²) in [6, 6.07) is 12.5. The van der Waals surface area contributed by atoms with E-state index in [1.807, 2.05) is 0 Å². The van der Waals surface area contributed by atoms with Crippen LogP contribution >= 0.6 is 0 Å². The quantitative estimate of drug-likeness (QED) is 0.701. The van der Waals surface area contributed by atoms with E-state index < -0.39 is 8.32 Å². The normalized spacial score (nSPS) is 38.4. The van der Waals surface area contributed by atoms with Gasteiger partial charge in [0, 0.05) is 0 Å². The molecule has 19 heavy (non-hydrogen) atoms. The molecule has 0 spiro atoms.